The lowest BCUT2D eigenvalue weighted by Gasteiger charge is -2.08. The van der Waals surface area contributed by atoms with Crippen molar-refractivity contribution in [2.24, 2.45) is 0 Å². The van der Waals surface area contributed by atoms with E-state index in [0.717, 1.165) is 5.76 Å². The summed E-state index contributed by atoms with van der Waals surface area (Å²) in [6.45, 7) is 4.31. The summed E-state index contributed by atoms with van der Waals surface area (Å²) >= 11 is 0. The van der Waals surface area contributed by atoms with Gasteiger partial charge in [-0.05, 0) is 26.0 Å². The minimum Gasteiger partial charge on any atom is -0.467 e. The quantitative estimate of drug-likeness (QED) is 0.857. The number of hydrogen-bond acceptors (Lipinski definition) is 5. The Morgan fingerprint density at radius 2 is 2.11 bits per heavy atom. The van der Waals surface area contributed by atoms with Crippen LogP contribution in [0.5, 0.6) is 0 Å². The summed E-state index contributed by atoms with van der Waals surface area (Å²) in [5.74, 6) is 1.08. The Bertz CT molecular complexity index is 520. The lowest BCUT2D eigenvalue weighted by molar-refractivity contribution is 0.0942. The van der Waals surface area contributed by atoms with Gasteiger partial charge >= 0.3 is 0 Å². The van der Waals surface area contributed by atoms with E-state index in [0.29, 0.717) is 18.1 Å². The smallest absolute Gasteiger partial charge is 0.254 e. The maximum Gasteiger partial charge on any atom is 0.254 e. The molecule has 6 heteroatoms. The van der Waals surface area contributed by atoms with Crippen molar-refractivity contribution in [2.45, 2.75) is 26.4 Å². The highest BCUT2D eigenvalue weighted by molar-refractivity contribution is 5.93. The lowest BCUT2D eigenvalue weighted by atomic mass is 10.3. The summed E-state index contributed by atoms with van der Waals surface area (Å²) < 4.78 is 5.18. The van der Waals surface area contributed by atoms with E-state index in [9.17, 15) is 4.79 Å². The highest BCUT2D eigenvalue weighted by Crippen LogP contribution is 2.05. The molecule has 0 aliphatic rings. The van der Waals surface area contributed by atoms with E-state index < -0.39 is 0 Å². The van der Waals surface area contributed by atoms with Crippen LogP contribution in [0.4, 0.5) is 5.95 Å². The van der Waals surface area contributed by atoms with E-state index in [-0.39, 0.29) is 11.9 Å². The number of nitrogens with zero attached hydrogens (tertiary/aromatic N) is 2. The zero-order valence-corrected chi connectivity index (χ0v) is 10.9. The molecule has 2 heterocycles. The Hall–Kier alpha value is -2.37. The third-order valence-electron chi connectivity index (χ3n) is 2.33. The second-order valence-electron chi connectivity index (χ2n) is 4.36. The number of rotatable bonds is 5. The number of carbonyl (C=O) groups is 1. The van der Waals surface area contributed by atoms with Crippen molar-refractivity contribution in [1.29, 1.82) is 0 Å². The molecule has 2 aromatic heterocycles. The zero-order valence-electron chi connectivity index (χ0n) is 10.9. The topological polar surface area (TPSA) is 80.0 Å². The fourth-order valence-electron chi connectivity index (χ4n) is 1.46. The number of anilines is 1. The van der Waals surface area contributed by atoms with Crippen LogP contribution in [0.1, 0.15) is 30.0 Å². The third kappa shape index (κ3) is 3.80. The Kier molecular flexibility index (Phi) is 4.12. The SMILES string of the molecule is CC(C)NC(=O)c1cnc(NCc2ccco2)nc1. The van der Waals surface area contributed by atoms with Gasteiger partial charge < -0.3 is 15.1 Å². The molecular formula is C13H16N4O2. The number of aromatic nitrogens is 2. The first kappa shape index (κ1) is 13.1. The molecule has 0 bridgehead atoms. The van der Waals surface area contributed by atoms with Gasteiger partial charge in [0.25, 0.3) is 5.91 Å². The minimum absolute atomic E-state index is 0.0873. The highest BCUT2D eigenvalue weighted by Gasteiger charge is 2.08. The summed E-state index contributed by atoms with van der Waals surface area (Å²) in [6, 6.07) is 3.76. The number of carbonyl (C=O) groups excluding carboxylic acids is 1. The standard InChI is InChI=1S/C13H16N4O2/c1-9(2)17-12(18)10-6-14-13(15-7-10)16-8-11-4-3-5-19-11/h3-7,9H,8H2,1-2H3,(H,17,18)(H,14,15,16). The largest absolute Gasteiger partial charge is 0.467 e. The maximum atomic E-state index is 11.7. The van der Waals surface area contributed by atoms with Crippen LogP contribution in [0.3, 0.4) is 0 Å². The molecule has 0 saturated heterocycles. The van der Waals surface area contributed by atoms with Crippen LogP contribution in [-0.2, 0) is 6.54 Å². The van der Waals surface area contributed by atoms with Crippen molar-refractivity contribution in [2.75, 3.05) is 5.32 Å². The van der Waals surface area contributed by atoms with E-state index in [4.69, 9.17) is 4.42 Å². The predicted octanol–water partition coefficient (Wildman–Crippen LogP) is 1.82. The molecule has 0 aromatic carbocycles. The van der Waals surface area contributed by atoms with Crippen LogP contribution in [0.25, 0.3) is 0 Å². The fraction of sp³-hybridized carbons (Fsp3) is 0.308. The number of nitrogens with one attached hydrogen (secondary N) is 2. The average molecular weight is 260 g/mol. The van der Waals surface area contributed by atoms with E-state index >= 15 is 0 Å². The van der Waals surface area contributed by atoms with Crippen LogP contribution in [-0.4, -0.2) is 21.9 Å². The summed E-state index contributed by atoms with van der Waals surface area (Å²) in [6.07, 6.45) is 4.60. The molecule has 0 spiro atoms. The van der Waals surface area contributed by atoms with Gasteiger partial charge in [-0.1, -0.05) is 0 Å². The monoisotopic (exact) mass is 260 g/mol. The molecule has 0 saturated carbocycles. The van der Waals surface area contributed by atoms with Crippen LogP contribution in [0.15, 0.2) is 35.2 Å². The fourth-order valence-corrected chi connectivity index (χ4v) is 1.46. The van der Waals surface area contributed by atoms with Crippen molar-refractivity contribution in [1.82, 2.24) is 15.3 Å². The molecule has 0 fully saturated rings. The second kappa shape index (κ2) is 5.99. The molecule has 2 N–H and O–H groups in total. The van der Waals surface area contributed by atoms with Crippen LogP contribution in [0, 0.1) is 0 Å². The highest BCUT2D eigenvalue weighted by atomic mass is 16.3. The van der Waals surface area contributed by atoms with E-state index in [1.165, 1.54) is 12.4 Å². The van der Waals surface area contributed by atoms with Crippen LogP contribution < -0.4 is 10.6 Å². The normalized spacial score (nSPS) is 10.5. The average Bonchev–Trinajstić information content (AvgIpc) is 2.89. The zero-order chi connectivity index (χ0) is 13.7. The molecule has 2 rings (SSSR count). The molecule has 6 nitrogen and oxygen atoms in total. The first-order chi connectivity index (χ1) is 9.15. The van der Waals surface area contributed by atoms with Gasteiger partial charge in [0.05, 0.1) is 18.4 Å². The molecule has 2 aromatic rings. The van der Waals surface area contributed by atoms with Crippen molar-refractivity contribution < 1.29 is 9.21 Å². The summed E-state index contributed by atoms with van der Waals surface area (Å²) in [5, 5.41) is 5.78. The molecule has 1 amide bonds. The van der Waals surface area contributed by atoms with Crippen molar-refractivity contribution in [3.05, 3.63) is 42.1 Å². The summed E-state index contributed by atoms with van der Waals surface area (Å²) in [5.41, 5.74) is 0.442. The van der Waals surface area contributed by atoms with Gasteiger partial charge in [0.1, 0.15) is 5.76 Å². The Morgan fingerprint density at radius 1 is 1.37 bits per heavy atom. The Morgan fingerprint density at radius 3 is 2.68 bits per heavy atom. The first-order valence-corrected chi connectivity index (χ1v) is 6.04. The number of furan rings is 1. The molecule has 0 atom stereocenters. The van der Waals surface area contributed by atoms with Gasteiger partial charge in [0.2, 0.25) is 5.95 Å². The second-order valence-corrected chi connectivity index (χ2v) is 4.36. The van der Waals surface area contributed by atoms with Gasteiger partial charge in [0.15, 0.2) is 0 Å². The Labute approximate surface area is 111 Å². The van der Waals surface area contributed by atoms with Crippen LogP contribution >= 0.6 is 0 Å². The molecular weight excluding hydrogens is 244 g/mol. The van der Waals surface area contributed by atoms with Crippen molar-refractivity contribution >= 4 is 11.9 Å². The molecule has 0 aliphatic heterocycles. The maximum absolute atomic E-state index is 11.7. The molecule has 0 unspecified atom stereocenters. The van der Waals surface area contributed by atoms with Gasteiger partial charge in [-0.2, -0.15) is 0 Å². The van der Waals surface area contributed by atoms with E-state index in [1.54, 1.807) is 6.26 Å². The molecule has 0 radical (unpaired) electrons. The van der Waals surface area contributed by atoms with E-state index in [1.807, 2.05) is 26.0 Å². The number of amides is 1. The lowest BCUT2D eigenvalue weighted by Crippen LogP contribution is -2.30. The van der Waals surface area contributed by atoms with Gasteiger partial charge in [-0.25, -0.2) is 9.97 Å². The Balaban J connectivity index is 1.92. The third-order valence-corrected chi connectivity index (χ3v) is 2.33. The van der Waals surface area contributed by atoms with E-state index in [2.05, 4.69) is 20.6 Å². The predicted molar refractivity (Wildman–Crippen MR) is 70.7 cm³/mol. The van der Waals surface area contributed by atoms with Gasteiger partial charge in [0, 0.05) is 18.4 Å². The molecule has 0 aliphatic carbocycles. The van der Waals surface area contributed by atoms with Gasteiger partial charge in [-0.15, -0.1) is 0 Å². The molecule has 100 valence electrons. The van der Waals surface area contributed by atoms with Crippen molar-refractivity contribution in [3.63, 3.8) is 0 Å². The minimum atomic E-state index is -0.174. The van der Waals surface area contributed by atoms with Crippen LogP contribution in [0.2, 0.25) is 0 Å². The number of hydrogen-bond donors (Lipinski definition) is 2. The molecule has 19 heavy (non-hydrogen) atoms. The summed E-state index contributed by atoms with van der Waals surface area (Å²) in [4.78, 5) is 19.8. The first-order valence-electron chi connectivity index (χ1n) is 6.04. The van der Waals surface area contributed by atoms with Crippen molar-refractivity contribution in [3.8, 4) is 0 Å². The van der Waals surface area contributed by atoms with Gasteiger partial charge in [-0.3, -0.25) is 4.79 Å². The summed E-state index contributed by atoms with van der Waals surface area (Å²) in [7, 11) is 0.